The molecular formula is C21H27N4O5+. The van der Waals surface area contributed by atoms with E-state index >= 15 is 0 Å². The summed E-state index contributed by atoms with van der Waals surface area (Å²) >= 11 is 0. The second-order valence-electron chi connectivity index (χ2n) is 7.20. The van der Waals surface area contributed by atoms with Crippen molar-refractivity contribution in [3.05, 3.63) is 52.6 Å². The average molecular weight is 415 g/mol. The summed E-state index contributed by atoms with van der Waals surface area (Å²) in [5, 5.41) is 13.8. The summed E-state index contributed by atoms with van der Waals surface area (Å²) in [4.78, 5) is 26.8. The highest BCUT2D eigenvalue weighted by atomic mass is 16.6. The predicted octanol–water partition coefficient (Wildman–Crippen LogP) is 1.34. The smallest absolute Gasteiger partial charge is 0.282 e. The van der Waals surface area contributed by atoms with Crippen molar-refractivity contribution in [2.45, 2.75) is 13.0 Å². The van der Waals surface area contributed by atoms with Gasteiger partial charge in [-0.25, -0.2) is 0 Å². The van der Waals surface area contributed by atoms with Gasteiger partial charge in [-0.2, -0.15) is 0 Å². The number of benzene rings is 2. The molecule has 0 radical (unpaired) electrons. The number of amides is 1. The van der Waals surface area contributed by atoms with Crippen LogP contribution in [0.3, 0.4) is 0 Å². The number of nitrogens with one attached hydrogen (secondary N) is 2. The first-order chi connectivity index (χ1) is 14.4. The highest BCUT2D eigenvalue weighted by Gasteiger charge is 2.30. The molecule has 160 valence electrons. The van der Waals surface area contributed by atoms with E-state index in [0.29, 0.717) is 11.4 Å². The average Bonchev–Trinajstić information content (AvgIpc) is 2.78. The number of nitrogens with zero attached hydrogens (tertiary/aromatic N) is 2. The lowest BCUT2D eigenvalue weighted by atomic mass is 10.2. The third-order valence-electron chi connectivity index (χ3n) is 5.50. The van der Waals surface area contributed by atoms with Crippen molar-refractivity contribution in [2.75, 3.05) is 50.6 Å². The molecule has 1 amide bonds. The van der Waals surface area contributed by atoms with Gasteiger partial charge in [0.2, 0.25) is 0 Å². The molecule has 0 aromatic heterocycles. The topological polar surface area (TPSA) is 98.4 Å². The first-order valence-corrected chi connectivity index (χ1v) is 9.79. The number of nitro benzene ring substituents is 1. The standard InChI is InChI=1S/C21H26N4O5/c1-15(21(26)22-19-14-17(25(27)28)6-9-20(19)30-3)23-10-12-24(13-11-23)16-4-7-18(29-2)8-5-16/h4-9,14-15H,10-13H2,1-3H3,(H,22,26)/p+1/t15-/m1/s1. The Kier molecular flexibility index (Phi) is 6.73. The van der Waals surface area contributed by atoms with Gasteiger partial charge in [-0.3, -0.25) is 14.9 Å². The largest absolute Gasteiger partial charge is 0.497 e. The molecule has 30 heavy (non-hydrogen) atoms. The lowest BCUT2D eigenvalue weighted by Gasteiger charge is -2.36. The molecule has 2 N–H and O–H groups in total. The Labute approximate surface area is 175 Å². The molecule has 1 fully saturated rings. The van der Waals surface area contributed by atoms with Gasteiger partial charge >= 0.3 is 0 Å². The molecule has 1 saturated heterocycles. The van der Waals surface area contributed by atoms with Gasteiger partial charge < -0.3 is 24.6 Å². The van der Waals surface area contributed by atoms with E-state index in [9.17, 15) is 14.9 Å². The molecule has 2 aromatic carbocycles. The summed E-state index contributed by atoms with van der Waals surface area (Å²) in [6, 6.07) is 11.8. The number of ether oxygens (including phenoxy) is 2. The minimum absolute atomic E-state index is 0.0980. The van der Waals surface area contributed by atoms with Crippen LogP contribution >= 0.6 is 0 Å². The Bertz CT molecular complexity index is 895. The summed E-state index contributed by atoms with van der Waals surface area (Å²) in [7, 11) is 3.11. The van der Waals surface area contributed by atoms with Crippen molar-refractivity contribution in [2.24, 2.45) is 0 Å². The molecule has 1 aliphatic rings. The Hall–Kier alpha value is -3.33. The zero-order chi connectivity index (χ0) is 21.7. The third-order valence-corrected chi connectivity index (χ3v) is 5.50. The number of non-ortho nitro benzene ring substituents is 1. The lowest BCUT2D eigenvalue weighted by molar-refractivity contribution is -0.914. The summed E-state index contributed by atoms with van der Waals surface area (Å²) < 4.78 is 10.4. The van der Waals surface area contributed by atoms with Crippen LogP contribution in [0.1, 0.15) is 6.92 Å². The Morgan fingerprint density at radius 1 is 1.13 bits per heavy atom. The van der Waals surface area contributed by atoms with Crippen molar-refractivity contribution >= 4 is 23.0 Å². The fourth-order valence-corrected chi connectivity index (χ4v) is 3.61. The molecule has 9 nitrogen and oxygen atoms in total. The normalized spacial score (nSPS) is 15.4. The summed E-state index contributed by atoms with van der Waals surface area (Å²) in [6.45, 7) is 5.16. The molecule has 0 unspecified atom stereocenters. The van der Waals surface area contributed by atoms with Crippen LogP contribution in [0.5, 0.6) is 11.5 Å². The quantitative estimate of drug-likeness (QED) is 0.523. The molecule has 2 aromatic rings. The molecular weight excluding hydrogens is 388 g/mol. The highest BCUT2D eigenvalue weighted by Crippen LogP contribution is 2.28. The number of hydrogen-bond acceptors (Lipinski definition) is 6. The lowest BCUT2D eigenvalue weighted by Crippen LogP contribution is -3.19. The van der Waals surface area contributed by atoms with E-state index in [-0.39, 0.29) is 17.6 Å². The third kappa shape index (κ3) is 4.80. The number of carbonyl (C=O) groups excluding carboxylic acids is 1. The molecule has 0 aliphatic carbocycles. The predicted molar refractivity (Wildman–Crippen MR) is 114 cm³/mol. The fraction of sp³-hybridized carbons (Fsp3) is 0.381. The highest BCUT2D eigenvalue weighted by molar-refractivity contribution is 5.95. The van der Waals surface area contributed by atoms with Crippen molar-refractivity contribution in [1.29, 1.82) is 0 Å². The van der Waals surface area contributed by atoms with E-state index in [0.717, 1.165) is 37.6 Å². The first-order valence-electron chi connectivity index (χ1n) is 9.79. The molecule has 0 saturated carbocycles. The van der Waals surface area contributed by atoms with E-state index in [4.69, 9.17) is 9.47 Å². The summed E-state index contributed by atoms with van der Waals surface area (Å²) in [6.07, 6.45) is 0. The number of methoxy groups -OCH3 is 2. The van der Waals surface area contributed by atoms with Gasteiger partial charge in [-0.1, -0.05) is 0 Å². The monoisotopic (exact) mass is 415 g/mol. The number of carbonyl (C=O) groups is 1. The molecule has 1 atom stereocenters. The van der Waals surface area contributed by atoms with Gasteiger partial charge in [0.25, 0.3) is 11.6 Å². The molecule has 3 rings (SSSR count). The molecule has 0 bridgehead atoms. The summed E-state index contributed by atoms with van der Waals surface area (Å²) in [5.74, 6) is 1.02. The van der Waals surface area contributed by atoms with E-state index in [1.165, 1.54) is 30.2 Å². The molecule has 9 heteroatoms. The van der Waals surface area contributed by atoms with Crippen LogP contribution in [-0.4, -0.2) is 57.3 Å². The second kappa shape index (κ2) is 9.45. The zero-order valence-corrected chi connectivity index (χ0v) is 17.4. The number of hydrogen-bond donors (Lipinski definition) is 2. The van der Waals surface area contributed by atoms with Crippen molar-refractivity contribution in [3.63, 3.8) is 0 Å². The number of nitro groups is 1. The van der Waals surface area contributed by atoms with Crippen LogP contribution in [0, 0.1) is 10.1 Å². The van der Waals surface area contributed by atoms with E-state index in [1.807, 2.05) is 31.2 Å². The van der Waals surface area contributed by atoms with E-state index < -0.39 is 4.92 Å². The Balaban J connectivity index is 1.60. The van der Waals surface area contributed by atoms with Crippen LogP contribution in [-0.2, 0) is 4.79 Å². The van der Waals surface area contributed by atoms with Crippen molar-refractivity contribution in [1.82, 2.24) is 0 Å². The van der Waals surface area contributed by atoms with Crippen LogP contribution in [0.2, 0.25) is 0 Å². The summed E-state index contributed by atoms with van der Waals surface area (Å²) in [5.41, 5.74) is 1.34. The molecule has 0 spiro atoms. The maximum absolute atomic E-state index is 12.8. The number of piperazine rings is 1. The van der Waals surface area contributed by atoms with Crippen LogP contribution < -0.4 is 24.6 Å². The Morgan fingerprint density at radius 2 is 1.80 bits per heavy atom. The van der Waals surface area contributed by atoms with Gasteiger partial charge in [-0.15, -0.1) is 0 Å². The van der Waals surface area contributed by atoms with Gasteiger partial charge in [0.1, 0.15) is 11.5 Å². The van der Waals surface area contributed by atoms with Gasteiger partial charge in [0.05, 0.1) is 51.0 Å². The first kappa shape index (κ1) is 21.4. The van der Waals surface area contributed by atoms with Crippen LogP contribution in [0.4, 0.5) is 17.1 Å². The van der Waals surface area contributed by atoms with Crippen LogP contribution in [0.25, 0.3) is 0 Å². The number of anilines is 2. The number of rotatable bonds is 7. The van der Waals surface area contributed by atoms with Gasteiger partial charge in [0, 0.05) is 17.8 Å². The minimum Gasteiger partial charge on any atom is -0.497 e. The van der Waals surface area contributed by atoms with Crippen molar-refractivity contribution in [3.8, 4) is 11.5 Å². The van der Waals surface area contributed by atoms with E-state index in [2.05, 4.69) is 10.2 Å². The van der Waals surface area contributed by atoms with E-state index in [1.54, 1.807) is 7.11 Å². The Morgan fingerprint density at radius 3 is 2.37 bits per heavy atom. The SMILES string of the molecule is COc1ccc(N2CC[NH+]([C@H](C)C(=O)Nc3cc([N+](=O)[O-])ccc3OC)CC2)cc1. The number of quaternary nitrogens is 1. The van der Waals surface area contributed by atoms with Crippen LogP contribution in [0.15, 0.2) is 42.5 Å². The molecule has 1 aliphatic heterocycles. The molecule has 1 heterocycles. The maximum atomic E-state index is 12.8. The minimum atomic E-state index is -0.498. The van der Waals surface area contributed by atoms with Crippen molar-refractivity contribution < 1.29 is 24.1 Å². The second-order valence-corrected chi connectivity index (χ2v) is 7.20. The van der Waals surface area contributed by atoms with Gasteiger partial charge in [0.15, 0.2) is 6.04 Å². The maximum Gasteiger partial charge on any atom is 0.282 e. The fourth-order valence-electron chi connectivity index (χ4n) is 3.61. The zero-order valence-electron chi connectivity index (χ0n) is 17.4. The van der Waals surface area contributed by atoms with Gasteiger partial charge in [-0.05, 0) is 37.3 Å².